The Morgan fingerprint density at radius 1 is 0.927 bits per heavy atom. The molecule has 1 saturated carbocycles. The molecule has 3 aromatic carbocycles. The fourth-order valence-electron chi connectivity index (χ4n) is 4.68. The maximum atomic E-state index is 13.5. The topological polar surface area (TPSA) is 117 Å². The Morgan fingerprint density at radius 2 is 1.63 bits per heavy atom. The largest absolute Gasteiger partial charge is 0.484 e. The van der Waals surface area contributed by atoms with Crippen LogP contribution >= 0.6 is 0 Å². The molecule has 0 bridgehead atoms. The van der Waals surface area contributed by atoms with Crippen LogP contribution in [0.2, 0.25) is 0 Å². The van der Waals surface area contributed by atoms with Crippen LogP contribution in [-0.4, -0.2) is 45.6 Å². The predicted octanol–water partition coefficient (Wildman–Crippen LogP) is 4.48. The van der Waals surface area contributed by atoms with Crippen LogP contribution in [0.4, 0.5) is 5.69 Å². The van der Waals surface area contributed by atoms with Gasteiger partial charge in [0.2, 0.25) is 0 Å². The van der Waals surface area contributed by atoms with Gasteiger partial charge in [0.15, 0.2) is 6.61 Å². The number of hydrogen-bond donors (Lipinski definition) is 2. The second-order valence-electron chi connectivity index (χ2n) is 10.1. The summed E-state index contributed by atoms with van der Waals surface area (Å²) in [4.78, 5) is 25.1. The monoisotopic (exact) mass is 576 g/mol. The molecule has 4 rings (SSSR count). The van der Waals surface area contributed by atoms with Gasteiger partial charge in [-0.25, -0.2) is 13.8 Å². The van der Waals surface area contributed by atoms with Gasteiger partial charge in [0.25, 0.3) is 21.8 Å². The van der Waals surface area contributed by atoms with E-state index in [1.165, 1.54) is 24.8 Å². The average molecular weight is 577 g/mol. The number of ether oxygens (including phenoxy) is 1. The fraction of sp³-hybridized carbons (Fsp3) is 0.323. The van der Waals surface area contributed by atoms with Crippen molar-refractivity contribution in [3.05, 3.63) is 89.5 Å². The van der Waals surface area contributed by atoms with E-state index in [1.807, 2.05) is 19.9 Å². The Bertz CT molecular complexity index is 1470. The smallest absolute Gasteiger partial charge is 0.264 e. The van der Waals surface area contributed by atoms with Crippen LogP contribution in [0.5, 0.6) is 5.75 Å². The molecule has 0 saturated heterocycles. The maximum Gasteiger partial charge on any atom is 0.264 e. The number of aryl methyl sites for hydroxylation is 1. The van der Waals surface area contributed by atoms with Crippen LogP contribution in [0, 0.1) is 13.8 Å². The van der Waals surface area contributed by atoms with Gasteiger partial charge in [0.1, 0.15) is 12.3 Å². The van der Waals surface area contributed by atoms with Crippen molar-refractivity contribution in [2.45, 2.75) is 56.9 Å². The van der Waals surface area contributed by atoms with Crippen LogP contribution in [0.3, 0.4) is 0 Å². The van der Waals surface area contributed by atoms with Crippen LogP contribution in [0.15, 0.2) is 82.8 Å². The Labute approximate surface area is 241 Å². The van der Waals surface area contributed by atoms with Crippen molar-refractivity contribution in [2.24, 2.45) is 5.10 Å². The van der Waals surface area contributed by atoms with E-state index in [-0.39, 0.29) is 23.5 Å². The molecule has 10 heteroatoms. The maximum absolute atomic E-state index is 13.5. The lowest BCUT2D eigenvalue weighted by Crippen LogP contribution is -2.40. The number of nitrogens with one attached hydrogen (secondary N) is 2. The van der Waals surface area contributed by atoms with Gasteiger partial charge >= 0.3 is 0 Å². The van der Waals surface area contributed by atoms with Crippen LogP contribution in [-0.2, 0) is 19.6 Å². The van der Waals surface area contributed by atoms with E-state index in [2.05, 4.69) is 15.8 Å². The lowest BCUT2D eigenvalue weighted by molar-refractivity contribution is -0.124. The van der Waals surface area contributed by atoms with Crippen molar-refractivity contribution in [3.8, 4) is 5.75 Å². The lowest BCUT2D eigenvalue weighted by Gasteiger charge is -2.26. The van der Waals surface area contributed by atoms with Crippen LogP contribution < -0.4 is 19.8 Å². The number of sulfonamides is 1. The Kier molecular flexibility index (Phi) is 10.1. The highest BCUT2D eigenvalue weighted by atomic mass is 32.2. The molecular formula is C31H36N4O5S. The van der Waals surface area contributed by atoms with Crippen molar-refractivity contribution >= 4 is 33.7 Å². The number of anilines is 1. The van der Waals surface area contributed by atoms with Gasteiger partial charge in [-0.05, 0) is 85.8 Å². The number of carbonyl (C=O) groups is 2. The second-order valence-corrected chi connectivity index (χ2v) is 12.0. The van der Waals surface area contributed by atoms with E-state index in [0.717, 1.165) is 41.1 Å². The fourth-order valence-corrected chi connectivity index (χ4v) is 6.18. The summed E-state index contributed by atoms with van der Waals surface area (Å²) in [5, 5.41) is 7.02. The molecule has 0 spiro atoms. The Hall–Kier alpha value is -4.18. The van der Waals surface area contributed by atoms with E-state index >= 15 is 0 Å². The molecule has 9 nitrogen and oxygen atoms in total. The van der Waals surface area contributed by atoms with Crippen molar-refractivity contribution in [1.29, 1.82) is 0 Å². The predicted molar refractivity (Wildman–Crippen MR) is 160 cm³/mol. The van der Waals surface area contributed by atoms with E-state index in [1.54, 1.807) is 54.6 Å². The summed E-state index contributed by atoms with van der Waals surface area (Å²) in [6, 6.07) is 20.5. The normalized spacial score (nSPS) is 14.0. The minimum absolute atomic E-state index is 0.0528. The minimum Gasteiger partial charge on any atom is -0.484 e. The van der Waals surface area contributed by atoms with Crippen molar-refractivity contribution in [2.75, 3.05) is 17.5 Å². The summed E-state index contributed by atoms with van der Waals surface area (Å²) >= 11 is 0. The minimum atomic E-state index is -4.01. The molecule has 2 N–H and O–H groups in total. The molecule has 1 aliphatic rings. The molecular weight excluding hydrogens is 540 g/mol. The summed E-state index contributed by atoms with van der Waals surface area (Å²) in [6.45, 7) is 3.21. The SMILES string of the molecule is Cc1cccc(N(CC(=O)N/N=C/c2ccc(OCC(=O)NC3CCCCC3)cc2)S(=O)(=O)c2ccccc2)c1C. The number of amides is 2. The number of nitrogens with zero attached hydrogens (tertiary/aromatic N) is 2. The summed E-state index contributed by atoms with van der Waals surface area (Å²) < 4.78 is 33.7. The van der Waals surface area contributed by atoms with Crippen molar-refractivity contribution < 1.29 is 22.7 Å². The van der Waals surface area contributed by atoms with Gasteiger partial charge in [-0.1, -0.05) is 49.6 Å². The molecule has 0 aliphatic heterocycles. The first-order valence-electron chi connectivity index (χ1n) is 13.7. The quantitative estimate of drug-likeness (QED) is 0.258. The van der Waals surface area contributed by atoms with E-state index in [9.17, 15) is 18.0 Å². The number of benzene rings is 3. The molecule has 0 unspecified atom stereocenters. The molecule has 1 aliphatic carbocycles. The third kappa shape index (κ3) is 8.17. The molecule has 41 heavy (non-hydrogen) atoms. The summed E-state index contributed by atoms with van der Waals surface area (Å²) in [7, 11) is -4.01. The molecule has 0 aromatic heterocycles. The zero-order chi connectivity index (χ0) is 29.2. The molecule has 2 amide bonds. The zero-order valence-corrected chi connectivity index (χ0v) is 24.2. The molecule has 216 valence electrons. The van der Waals surface area contributed by atoms with E-state index < -0.39 is 22.5 Å². The average Bonchev–Trinajstić information content (AvgIpc) is 2.98. The number of hydrogen-bond acceptors (Lipinski definition) is 6. The van der Waals surface area contributed by atoms with E-state index in [4.69, 9.17) is 4.74 Å². The van der Waals surface area contributed by atoms with Gasteiger partial charge in [0.05, 0.1) is 16.8 Å². The zero-order valence-electron chi connectivity index (χ0n) is 23.4. The molecule has 0 radical (unpaired) electrons. The first-order valence-corrected chi connectivity index (χ1v) is 15.2. The standard InChI is InChI=1S/C31H36N4O5S/c1-23-10-9-15-29(24(23)2)35(41(38,39)28-13-7-4-8-14-28)21-30(36)34-32-20-25-16-18-27(19-17-25)40-22-31(37)33-26-11-5-3-6-12-26/h4,7-10,13-20,26H,3,5-6,11-12,21-22H2,1-2H3,(H,33,37)(H,34,36)/b32-20+. The molecule has 1 fully saturated rings. The van der Waals surface area contributed by atoms with Crippen LogP contribution in [0.25, 0.3) is 0 Å². The number of carbonyl (C=O) groups excluding carboxylic acids is 2. The van der Waals surface area contributed by atoms with Gasteiger partial charge in [0, 0.05) is 6.04 Å². The van der Waals surface area contributed by atoms with Gasteiger partial charge < -0.3 is 10.1 Å². The van der Waals surface area contributed by atoms with Gasteiger partial charge in [-0.15, -0.1) is 0 Å². The molecule has 3 aromatic rings. The van der Waals surface area contributed by atoms with Crippen LogP contribution in [0.1, 0.15) is 48.8 Å². The molecule has 0 atom stereocenters. The summed E-state index contributed by atoms with van der Waals surface area (Å²) in [6.07, 6.45) is 7.00. The highest BCUT2D eigenvalue weighted by Crippen LogP contribution is 2.28. The van der Waals surface area contributed by atoms with Crippen molar-refractivity contribution in [3.63, 3.8) is 0 Å². The third-order valence-corrected chi connectivity index (χ3v) is 8.86. The highest BCUT2D eigenvalue weighted by molar-refractivity contribution is 7.92. The second kappa shape index (κ2) is 13.9. The molecule has 0 heterocycles. The van der Waals surface area contributed by atoms with E-state index in [0.29, 0.717) is 17.0 Å². The summed E-state index contributed by atoms with van der Waals surface area (Å²) in [5.74, 6) is -0.180. The van der Waals surface area contributed by atoms with Crippen molar-refractivity contribution in [1.82, 2.24) is 10.7 Å². The summed E-state index contributed by atoms with van der Waals surface area (Å²) in [5.41, 5.74) is 5.21. The third-order valence-electron chi connectivity index (χ3n) is 7.09. The first-order chi connectivity index (χ1) is 19.7. The van der Waals surface area contributed by atoms with Gasteiger partial charge in [-0.3, -0.25) is 13.9 Å². The Morgan fingerprint density at radius 3 is 2.34 bits per heavy atom. The first kappa shape index (κ1) is 29.8. The lowest BCUT2D eigenvalue weighted by atomic mass is 9.95. The van der Waals surface area contributed by atoms with Gasteiger partial charge in [-0.2, -0.15) is 5.10 Å². The number of rotatable bonds is 11. The number of hydrazone groups is 1. The Balaban J connectivity index is 1.35. The highest BCUT2D eigenvalue weighted by Gasteiger charge is 2.28.